The third-order valence-electron chi connectivity index (χ3n) is 9.49. The van der Waals surface area contributed by atoms with Crippen molar-refractivity contribution in [3.05, 3.63) is 158 Å². The van der Waals surface area contributed by atoms with Crippen molar-refractivity contribution in [2.24, 2.45) is 0 Å². The van der Waals surface area contributed by atoms with E-state index < -0.39 is 4.92 Å². The van der Waals surface area contributed by atoms with Crippen molar-refractivity contribution in [3.63, 3.8) is 0 Å². The summed E-state index contributed by atoms with van der Waals surface area (Å²) < 4.78 is 17.6. The molecule has 284 valence electrons. The van der Waals surface area contributed by atoms with Crippen molar-refractivity contribution in [1.82, 2.24) is 14.8 Å². The molecule has 1 aromatic heterocycles. The normalized spacial score (nSPS) is 13.3. The van der Waals surface area contributed by atoms with Crippen LogP contribution >= 0.6 is 11.6 Å². The van der Waals surface area contributed by atoms with Gasteiger partial charge in [-0.1, -0.05) is 74.0 Å². The second-order valence-corrected chi connectivity index (χ2v) is 14.2. The average molecular weight is 761 g/mol. The molecule has 0 aliphatic carbocycles. The van der Waals surface area contributed by atoms with Crippen LogP contribution in [-0.4, -0.2) is 58.4 Å². The van der Waals surface area contributed by atoms with Crippen LogP contribution < -0.4 is 14.2 Å². The van der Waals surface area contributed by atoms with Crippen LogP contribution in [0, 0.1) is 17.0 Å². The highest BCUT2D eigenvalue weighted by atomic mass is 35.5. The van der Waals surface area contributed by atoms with E-state index in [2.05, 4.69) is 60.1 Å². The second kappa shape index (κ2) is 18.6. The van der Waals surface area contributed by atoms with Crippen molar-refractivity contribution < 1.29 is 23.9 Å². The summed E-state index contributed by atoms with van der Waals surface area (Å²) in [5.74, 6) is 2.57. The Hall–Kier alpha value is -5.71. The lowest BCUT2D eigenvalue weighted by molar-refractivity contribution is -0.385. The highest BCUT2D eigenvalue weighted by molar-refractivity contribution is 6.32. The van der Waals surface area contributed by atoms with Crippen molar-refractivity contribution >= 4 is 29.3 Å². The summed E-state index contributed by atoms with van der Waals surface area (Å²) in [5.41, 5.74) is 5.83. The number of nitrogens with zero attached hydrogens (tertiary/aromatic N) is 4. The van der Waals surface area contributed by atoms with Crippen LogP contribution in [0.25, 0.3) is 6.08 Å². The fourth-order valence-electron chi connectivity index (χ4n) is 6.28. The Morgan fingerprint density at radius 3 is 2.29 bits per heavy atom. The van der Waals surface area contributed by atoms with Crippen LogP contribution in [0.4, 0.5) is 5.69 Å². The fourth-order valence-corrected chi connectivity index (χ4v) is 6.59. The molecule has 6 rings (SSSR count). The third-order valence-corrected chi connectivity index (χ3v) is 9.77. The van der Waals surface area contributed by atoms with E-state index in [-0.39, 0.29) is 18.2 Å². The number of amides is 1. The lowest BCUT2D eigenvalue weighted by Gasteiger charge is -2.34. The van der Waals surface area contributed by atoms with Gasteiger partial charge in [-0.15, -0.1) is 0 Å². The first-order chi connectivity index (χ1) is 26.6. The van der Waals surface area contributed by atoms with E-state index in [1.807, 2.05) is 30.0 Å². The van der Waals surface area contributed by atoms with Gasteiger partial charge in [-0.2, -0.15) is 0 Å². The van der Waals surface area contributed by atoms with Gasteiger partial charge >= 0.3 is 0 Å². The molecule has 0 atom stereocenters. The number of benzene rings is 4. The summed E-state index contributed by atoms with van der Waals surface area (Å²) in [7, 11) is 0. The summed E-state index contributed by atoms with van der Waals surface area (Å²) in [6, 6.07) is 30.5. The Morgan fingerprint density at radius 1 is 0.909 bits per heavy atom. The predicted octanol–water partition coefficient (Wildman–Crippen LogP) is 9.43. The van der Waals surface area contributed by atoms with Crippen molar-refractivity contribution in [3.8, 4) is 23.1 Å². The number of piperazine rings is 1. The maximum atomic E-state index is 13.1. The van der Waals surface area contributed by atoms with E-state index in [1.165, 1.54) is 29.0 Å². The van der Waals surface area contributed by atoms with Crippen molar-refractivity contribution in [2.45, 2.75) is 46.3 Å². The van der Waals surface area contributed by atoms with Crippen LogP contribution in [0.2, 0.25) is 5.02 Å². The maximum absolute atomic E-state index is 13.1. The molecule has 0 unspecified atom stereocenters. The Labute approximate surface area is 327 Å². The number of carbonyl (C=O) groups is 1. The van der Waals surface area contributed by atoms with Gasteiger partial charge in [0.1, 0.15) is 18.1 Å². The van der Waals surface area contributed by atoms with E-state index in [4.69, 9.17) is 25.8 Å². The number of carbonyl (C=O) groups excluding carboxylic acids is 1. The van der Waals surface area contributed by atoms with Gasteiger partial charge in [0, 0.05) is 57.4 Å². The summed E-state index contributed by atoms with van der Waals surface area (Å²) in [6.07, 6.45) is 5.70. The number of halogens is 1. The number of rotatable bonds is 15. The van der Waals surface area contributed by atoms with E-state index >= 15 is 0 Å². The first kappa shape index (κ1) is 39.0. The zero-order chi connectivity index (χ0) is 38.7. The summed E-state index contributed by atoms with van der Waals surface area (Å²) in [4.78, 5) is 32.5. The highest BCUT2D eigenvalue weighted by Gasteiger charge is 2.20. The van der Waals surface area contributed by atoms with E-state index in [1.54, 1.807) is 48.6 Å². The van der Waals surface area contributed by atoms with Crippen molar-refractivity contribution in [1.29, 1.82) is 0 Å². The summed E-state index contributed by atoms with van der Waals surface area (Å²) in [5, 5.41) is 11.6. The number of hydrogen-bond acceptors (Lipinski definition) is 8. The van der Waals surface area contributed by atoms with Crippen LogP contribution in [0.15, 0.2) is 109 Å². The molecule has 0 bridgehead atoms. The Morgan fingerprint density at radius 2 is 1.62 bits per heavy atom. The molecule has 1 fully saturated rings. The van der Waals surface area contributed by atoms with Gasteiger partial charge in [-0.05, 0) is 83.1 Å². The number of nitro benzene ring substituents is 1. The molecule has 1 saturated heterocycles. The molecule has 5 aromatic rings. The van der Waals surface area contributed by atoms with Gasteiger partial charge in [0.05, 0.1) is 28.3 Å². The number of ether oxygens (including phenoxy) is 3. The molecule has 4 aromatic carbocycles. The number of hydrogen-bond donors (Lipinski definition) is 0. The van der Waals surface area contributed by atoms with Gasteiger partial charge in [0.2, 0.25) is 11.8 Å². The first-order valence-corrected chi connectivity index (χ1v) is 18.8. The zero-order valence-electron chi connectivity index (χ0n) is 31.3. The van der Waals surface area contributed by atoms with Crippen LogP contribution in [-0.2, 0) is 24.4 Å². The molecule has 0 N–H and O–H groups in total. The lowest BCUT2D eigenvalue weighted by Crippen LogP contribution is -2.47. The quantitative estimate of drug-likeness (QED) is 0.0590. The Balaban J connectivity index is 0.929. The van der Waals surface area contributed by atoms with Gasteiger partial charge in [0.15, 0.2) is 5.75 Å². The summed E-state index contributed by atoms with van der Waals surface area (Å²) >= 11 is 6.61. The minimum Gasteiger partial charge on any atom is -0.493 e. The van der Waals surface area contributed by atoms with E-state index in [0.717, 1.165) is 42.9 Å². The van der Waals surface area contributed by atoms with Gasteiger partial charge in [-0.3, -0.25) is 19.8 Å². The smallest absolute Gasteiger partial charge is 0.276 e. The molecule has 1 aliphatic heterocycles. The Bertz CT molecular complexity index is 2070. The van der Waals surface area contributed by atoms with Crippen LogP contribution in [0.5, 0.6) is 23.1 Å². The largest absolute Gasteiger partial charge is 0.493 e. The number of aryl methyl sites for hydroxylation is 1. The molecule has 0 saturated carbocycles. The summed E-state index contributed by atoms with van der Waals surface area (Å²) in [6.45, 7) is 10.7. The Kier molecular flexibility index (Phi) is 13.2. The number of para-hydroxylation sites is 1. The molecule has 1 aliphatic rings. The molecule has 1 amide bonds. The fraction of sp³-hybridized carbons (Fsp3) is 0.273. The van der Waals surface area contributed by atoms with E-state index in [9.17, 15) is 14.9 Å². The molecule has 11 heteroatoms. The first-order valence-electron chi connectivity index (χ1n) is 18.4. The number of nitro groups is 1. The number of aromatic nitrogens is 1. The molecule has 0 radical (unpaired) electrons. The monoisotopic (exact) mass is 760 g/mol. The van der Waals surface area contributed by atoms with Gasteiger partial charge < -0.3 is 19.1 Å². The minimum atomic E-state index is -0.435. The molecule has 55 heavy (non-hydrogen) atoms. The molecular formula is C44H45ClN4O6. The third kappa shape index (κ3) is 10.9. The maximum Gasteiger partial charge on any atom is 0.276 e. The lowest BCUT2D eigenvalue weighted by atomic mass is 10.0. The van der Waals surface area contributed by atoms with E-state index in [0.29, 0.717) is 53.6 Å². The zero-order valence-corrected chi connectivity index (χ0v) is 32.1. The second-order valence-electron chi connectivity index (χ2n) is 13.8. The van der Waals surface area contributed by atoms with Gasteiger partial charge in [0.25, 0.3) is 5.69 Å². The number of pyridine rings is 1. The minimum absolute atomic E-state index is 0.00252. The van der Waals surface area contributed by atoms with Crippen LogP contribution in [0.3, 0.4) is 0 Å². The topological polar surface area (TPSA) is 107 Å². The predicted molar refractivity (Wildman–Crippen MR) is 215 cm³/mol. The average Bonchev–Trinajstić information content (AvgIpc) is 3.19. The molecule has 10 nitrogen and oxygen atoms in total. The molecular weight excluding hydrogens is 716 g/mol. The standard InChI is InChI=1S/C44H45ClN4O6/c1-31(2)36-13-15-38(16-14-36)53-25-20-33-8-10-34(11-9-33)29-47-21-23-48(24-22-47)43(50)19-12-35-26-32(3)44(40(45)27-35)55-42-18-17-39(28-46-42)54-30-37-6-4-5-7-41(37)49(51)52/h4-19,26-28,31H,20-25,29-30H2,1-3H3. The van der Waals surface area contributed by atoms with Gasteiger partial charge in [-0.25, -0.2) is 4.98 Å². The molecule has 2 heterocycles. The molecule has 0 spiro atoms. The highest BCUT2D eigenvalue weighted by Crippen LogP contribution is 2.34. The van der Waals surface area contributed by atoms with Crippen LogP contribution in [0.1, 0.15) is 53.1 Å². The SMILES string of the molecule is Cc1cc(C=CC(=O)N2CCN(Cc3ccc(CCOc4ccc(C(C)C)cc4)cc3)CC2)cc(Cl)c1Oc1ccc(OCc2ccccc2[N+](=O)[O-])cn1. The van der Waals surface area contributed by atoms with Crippen molar-refractivity contribution in [2.75, 3.05) is 32.8 Å².